The molecule has 0 amide bonds. The van der Waals surface area contributed by atoms with Crippen molar-refractivity contribution < 1.29 is 4.74 Å². The van der Waals surface area contributed by atoms with E-state index in [2.05, 4.69) is 51.4 Å². The summed E-state index contributed by atoms with van der Waals surface area (Å²) in [6.07, 6.45) is 0. The van der Waals surface area contributed by atoms with Crippen LogP contribution in [0, 0.1) is 20.8 Å². The molecular formula is C14H23NOS. The molecule has 0 atom stereocenters. The van der Waals surface area contributed by atoms with Gasteiger partial charge in [0.05, 0.1) is 7.11 Å². The third-order valence-corrected chi connectivity index (χ3v) is 3.43. The number of benzene rings is 1. The first-order valence-electron chi connectivity index (χ1n) is 5.94. The van der Waals surface area contributed by atoms with E-state index < -0.39 is 0 Å². The molecule has 0 spiro atoms. The fraction of sp³-hybridized carbons (Fsp3) is 0.571. The first-order valence-corrected chi connectivity index (χ1v) is 6.57. The normalized spacial score (nSPS) is 11.0. The Bertz CT molecular complexity index is 390. The Morgan fingerprint density at radius 1 is 1.24 bits per heavy atom. The van der Waals surface area contributed by atoms with Crippen molar-refractivity contribution in [3.8, 4) is 5.75 Å². The molecule has 0 radical (unpaired) electrons. The second kappa shape index (κ2) is 6.31. The molecule has 0 saturated carbocycles. The van der Waals surface area contributed by atoms with E-state index in [0.717, 1.165) is 24.6 Å². The van der Waals surface area contributed by atoms with Crippen molar-refractivity contribution in [3.05, 3.63) is 28.3 Å². The predicted molar refractivity (Wildman–Crippen MR) is 77.4 cm³/mol. The highest BCUT2D eigenvalue weighted by atomic mass is 32.1. The van der Waals surface area contributed by atoms with Gasteiger partial charge in [0.15, 0.2) is 0 Å². The second-order valence-corrected chi connectivity index (χ2v) is 5.06. The molecule has 3 heteroatoms. The van der Waals surface area contributed by atoms with Crippen LogP contribution in [-0.4, -0.2) is 31.4 Å². The molecule has 0 fully saturated rings. The van der Waals surface area contributed by atoms with E-state index in [1.54, 1.807) is 7.11 Å². The molecular weight excluding hydrogens is 230 g/mol. The summed E-state index contributed by atoms with van der Waals surface area (Å²) >= 11 is 4.26. The van der Waals surface area contributed by atoms with Crippen molar-refractivity contribution in [2.24, 2.45) is 0 Å². The summed E-state index contributed by atoms with van der Waals surface area (Å²) in [6.45, 7) is 8.30. The largest absolute Gasteiger partial charge is 0.496 e. The summed E-state index contributed by atoms with van der Waals surface area (Å²) in [6, 6.07) is 2.24. The Balaban J connectivity index is 3.09. The molecule has 96 valence electrons. The van der Waals surface area contributed by atoms with Gasteiger partial charge in [-0.2, -0.15) is 12.6 Å². The molecule has 0 aliphatic carbocycles. The van der Waals surface area contributed by atoms with E-state index in [9.17, 15) is 0 Å². The van der Waals surface area contributed by atoms with Crippen LogP contribution >= 0.6 is 12.6 Å². The molecule has 0 saturated heterocycles. The first-order chi connectivity index (χ1) is 8.01. The van der Waals surface area contributed by atoms with Gasteiger partial charge in [0.25, 0.3) is 0 Å². The lowest BCUT2D eigenvalue weighted by molar-refractivity contribution is 0.334. The topological polar surface area (TPSA) is 12.5 Å². The summed E-state index contributed by atoms with van der Waals surface area (Å²) in [5.74, 6) is 1.91. The van der Waals surface area contributed by atoms with Gasteiger partial charge in [-0.25, -0.2) is 0 Å². The number of thiol groups is 1. The van der Waals surface area contributed by atoms with Crippen LogP contribution in [0.2, 0.25) is 0 Å². The van der Waals surface area contributed by atoms with E-state index in [-0.39, 0.29) is 0 Å². The van der Waals surface area contributed by atoms with Crippen LogP contribution in [0.1, 0.15) is 22.3 Å². The zero-order chi connectivity index (χ0) is 13.0. The number of hydrogen-bond donors (Lipinski definition) is 1. The maximum absolute atomic E-state index is 5.57. The van der Waals surface area contributed by atoms with Gasteiger partial charge >= 0.3 is 0 Å². The first kappa shape index (κ1) is 14.4. The molecule has 0 N–H and O–H groups in total. The third kappa shape index (κ3) is 3.39. The molecule has 0 unspecified atom stereocenters. The molecule has 1 aromatic carbocycles. The van der Waals surface area contributed by atoms with Crippen molar-refractivity contribution in [2.75, 3.05) is 26.5 Å². The lowest BCUT2D eigenvalue weighted by Crippen LogP contribution is -2.21. The quantitative estimate of drug-likeness (QED) is 0.810. The van der Waals surface area contributed by atoms with Crippen molar-refractivity contribution in [1.29, 1.82) is 0 Å². The molecule has 0 aliphatic rings. The van der Waals surface area contributed by atoms with Crippen LogP contribution in [0.3, 0.4) is 0 Å². The summed E-state index contributed by atoms with van der Waals surface area (Å²) in [4.78, 5) is 2.27. The van der Waals surface area contributed by atoms with Crippen molar-refractivity contribution in [2.45, 2.75) is 27.3 Å². The van der Waals surface area contributed by atoms with E-state index in [1.807, 2.05) is 0 Å². The van der Waals surface area contributed by atoms with Crippen LogP contribution in [0.4, 0.5) is 0 Å². The zero-order valence-electron chi connectivity index (χ0n) is 11.5. The van der Waals surface area contributed by atoms with E-state index >= 15 is 0 Å². The number of methoxy groups -OCH3 is 1. The Hall–Kier alpha value is -0.670. The molecule has 1 aromatic rings. The Morgan fingerprint density at radius 2 is 1.88 bits per heavy atom. The smallest absolute Gasteiger partial charge is 0.126 e. The number of nitrogens with zero attached hydrogens (tertiary/aromatic N) is 1. The van der Waals surface area contributed by atoms with Crippen molar-refractivity contribution in [1.82, 2.24) is 4.90 Å². The highest BCUT2D eigenvalue weighted by Gasteiger charge is 2.13. The van der Waals surface area contributed by atoms with Gasteiger partial charge in [0.2, 0.25) is 0 Å². The Kier molecular flexibility index (Phi) is 5.34. The standard InChI is InChI=1S/C14H23NOS/c1-10-8-11(2)13(9-15(4)6-7-17)14(16-5)12(10)3/h8,17H,6-7,9H2,1-5H3. The van der Waals surface area contributed by atoms with Crippen LogP contribution in [0.15, 0.2) is 6.07 Å². The Morgan fingerprint density at radius 3 is 2.41 bits per heavy atom. The molecule has 1 rings (SSSR count). The average molecular weight is 253 g/mol. The van der Waals surface area contributed by atoms with E-state index in [4.69, 9.17) is 4.74 Å². The maximum Gasteiger partial charge on any atom is 0.126 e. The average Bonchev–Trinajstić information content (AvgIpc) is 2.27. The van der Waals surface area contributed by atoms with Gasteiger partial charge < -0.3 is 9.64 Å². The fourth-order valence-corrected chi connectivity index (χ4v) is 2.44. The zero-order valence-corrected chi connectivity index (χ0v) is 12.4. The monoisotopic (exact) mass is 253 g/mol. The fourth-order valence-electron chi connectivity index (χ4n) is 2.10. The van der Waals surface area contributed by atoms with Gasteiger partial charge in [-0.15, -0.1) is 0 Å². The minimum absolute atomic E-state index is 0.878. The summed E-state index contributed by atoms with van der Waals surface area (Å²) < 4.78 is 5.57. The molecule has 0 bridgehead atoms. The van der Waals surface area contributed by atoms with E-state index in [1.165, 1.54) is 22.3 Å². The van der Waals surface area contributed by atoms with Crippen LogP contribution in [-0.2, 0) is 6.54 Å². The summed E-state index contributed by atoms with van der Waals surface area (Å²) in [7, 11) is 3.87. The SMILES string of the molecule is COc1c(C)c(C)cc(C)c1CN(C)CCS. The number of rotatable bonds is 5. The van der Waals surface area contributed by atoms with Gasteiger partial charge in [-0.1, -0.05) is 6.07 Å². The highest BCUT2D eigenvalue weighted by Crippen LogP contribution is 2.30. The lowest BCUT2D eigenvalue weighted by atomic mass is 9.98. The highest BCUT2D eigenvalue weighted by molar-refractivity contribution is 7.80. The molecule has 0 heterocycles. The van der Waals surface area contributed by atoms with Crippen LogP contribution in [0.25, 0.3) is 0 Å². The molecule has 2 nitrogen and oxygen atoms in total. The van der Waals surface area contributed by atoms with Gasteiger partial charge in [0.1, 0.15) is 5.75 Å². The third-order valence-electron chi connectivity index (χ3n) is 3.23. The number of hydrogen-bond acceptors (Lipinski definition) is 3. The molecule has 0 aromatic heterocycles. The predicted octanol–water partition coefficient (Wildman–Crippen LogP) is 2.98. The summed E-state index contributed by atoms with van der Waals surface area (Å²) in [5, 5.41) is 0. The minimum Gasteiger partial charge on any atom is -0.496 e. The van der Waals surface area contributed by atoms with Gasteiger partial charge in [-0.05, 0) is 44.5 Å². The van der Waals surface area contributed by atoms with Crippen LogP contribution in [0.5, 0.6) is 5.75 Å². The van der Waals surface area contributed by atoms with Crippen molar-refractivity contribution >= 4 is 12.6 Å². The van der Waals surface area contributed by atoms with Crippen LogP contribution < -0.4 is 4.74 Å². The van der Waals surface area contributed by atoms with E-state index in [0.29, 0.717) is 0 Å². The lowest BCUT2D eigenvalue weighted by Gasteiger charge is -2.21. The summed E-state index contributed by atoms with van der Waals surface area (Å²) in [5.41, 5.74) is 5.13. The van der Waals surface area contributed by atoms with Gasteiger partial charge in [-0.3, -0.25) is 0 Å². The maximum atomic E-state index is 5.57. The Labute approximate surface area is 110 Å². The van der Waals surface area contributed by atoms with Gasteiger partial charge in [0, 0.05) is 24.4 Å². The minimum atomic E-state index is 0.878. The molecule has 17 heavy (non-hydrogen) atoms. The second-order valence-electron chi connectivity index (χ2n) is 4.61. The molecule has 0 aliphatic heterocycles. The van der Waals surface area contributed by atoms with Crippen molar-refractivity contribution in [3.63, 3.8) is 0 Å². The number of ether oxygens (including phenoxy) is 1. The number of aryl methyl sites for hydroxylation is 2.